The second-order valence-corrected chi connectivity index (χ2v) is 8.74. The molecule has 176 valence electrons. The van der Waals surface area contributed by atoms with Crippen LogP contribution < -0.4 is 0 Å². The van der Waals surface area contributed by atoms with E-state index in [1.54, 1.807) is 9.12 Å². The predicted molar refractivity (Wildman–Crippen MR) is 131 cm³/mol. The number of rotatable bonds is 16. The SMILES string of the molecule is CCCCCCCCCCC(CCCCC(=O)c1c(C)cc(C)cc1C)C(=O)O.O=P. The average Bonchev–Trinajstić information content (AvgIpc) is 2.71. The lowest BCUT2D eigenvalue weighted by molar-refractivity contribution is -0.142. The Hall–Kier alpha value is -1.54. The number of unbranched alkanes of at least 4 members (excludes halogenated alkanes) is 8. The number of Topliss-reactive ketones (excluding diaryl/α,β-unsaturated/α-hetero) is 1. The topological polar surface area (TPSA) is 71.4 Å². The van der Waals surface area contributed by atoms with E-state index in [0.29, 0.717) is 12.8 Å². The van der Waals surface area contributed by atoms with Crippen LogP contribution in [0.2, 0.25) is 0 Å². The largest absolute Gasteiger partial charge is 0.481 e. The van der Waals surface area contributed by atoms with Crippen molar-refractivity contribution in [1.82, 2.24) is 0 Å². The minimum absolute atomic E-state index is 0.190. The predicted octanol–water partition coefficient (Wildman–Crippen LogP) is 8.06. The Labute approximate surface area is 191 Å². The van der Waals surface area contributed by atoms with Gasteiger partial charge in [-0.05, 0) is 51.2 Å². The van der Waals surface area contributed by atoms with Gasteiger partial charge in [0.2, 0.25) is 0 Å². The number of hydrogen-bond acceptors (Lipinski definition) is 3. The molecule has 0 saturated heterocycles. The molecule has 1 rings (SSSR count). The van der Waals surface area contributed by atoms with Gasteiger partial charge in [-0.3, -0.25) is 14.2 Å². The summed E-state index contributed by atoms with van der Waals surface area (Å²) in [6.07, 6.45) is 13.4. The number of carboxylic acid groups (broad SMARTS) is 1. The molecule has 4 nitrogen and oxygen atoms in total. The quantitative estimate of drug-likeness (QED) is 0.157. The Bertz CT molecular complexity index is 634. The first kappa shape index (κ1) is 29.5. The Morgan fingerprint density at radius 2 is 1.26 bits per heavy atom. The van der Waals surface area contributed by atoms with Gasteiger partial charge in [-0.1, -0.05) is 82.4 Å². The van der Waals surface area contributed by atoms with Crippen LogP contribution in [0.3, 0.4) is 0 Å². The molecule has 1 atom stereocenters. The zero-order valence-corrected chi connectivity index (χ0v) is 21.1. The van der Waals surface area contributed by atoms with Crippen LogP contribution in [0, 0.1) is 26.7 Å². The molecule has 0 aromatic heterocycles. The minimum Gasteiger partial charge on any atom is -0.481 e. The van der Waals surface area contributed by atoms with Gasteiger partial charge in [0, 0.05) is 12.0 Å². The summed E-state index contributed by atoms with van der Waals surface area (Å²) in [5.74, 6) is -0.743. The van der Waals surface area contributed by atoms with Crippen molar-refractivity contribution < 1.29 is 19.3 Å². The van der Waals surface area contributed by atoms with Gasteiger partial charge in [-0.15, -0.1) is 0 Å². The molecule has 1 unspecified atom stereocenters. The van der Waals surface area contributed by atoms with Gasteiger partial charge in [-0.25, -0.2) is 0 Å². The van der Waals surface area contributed by atoms with E-state index in [2.05, 4.69) is 19.1 Å². The van der Waals surface area contributed by atoms with Crippen molar-refractivity contribution in [3.8, 4) is 0 Å². The van der Waals surface area contributed by atoms with Gasteiger partial charge in [0.05, 0.1) is 5.92 Å². The lowest BCUT2D eigenvalue weighted by Crippen LogP contribution is -2.14. The molecule has 0 fully saturated rings. The molecule has 1 aromatic carbocycles. The normalized spacial score (nSPS) is 11.5. The van der Waals surface area contributed by atoms with E-state index < -0.39 is 5.97 Å². The smallest absolute Gasteiger partial charge is 0.306 e. The summed E-state index contributed by atoms with van der Waals surface area (Å²) >= 11 is 0. The highest BCUT2D eigenvalue weighted by Gasteiger charge is 2.17. The number of aryl methyl sites for hydroxylation is 3. The minimum atomic E-state index is -0.676. The molecular formula is C26H43O4P. The molecular weight excluding hydrogens is 407 g/mol. The van der Waals surface area contributed by atoms with Gasteiger partial charge in [0.1, 0.15) is 9.12 Å². The molecule has 0 spiro atoms. The van der Waals surface area contributed by atoms with Crippen LogP contribution in [0.1, 0.15) is 117 Å². The molecule has 0 radical (unpaired) electrons. The maximum Gasteiger partial charge on any atom is 0.306 e. The summed E-state index contributed by atoms with van der Waals surface area (Å²) in [7, 11) is 1.72. The van der Waals surface area contributed by atoms with Gasteiger partial charge in [0.15, 0.2) is 5.78 Å². The van der Waals surface area contributed by atoms with E-state index >= 15 is 0 Å². The summed E-state index contributed by atoms with van der Waals surface area (Å²) in [4.78, 5) is 24.1. The lowest BCUT2D eigenvalue weighted by Gasteiger charge is -2.13. The standard InChI is InChI=1S/C26H42O3.HOP/c1-5-6-7-8-9-10-11-12-15-23(26(28)29)16-13-14-17-24(27)25-21(3)18-20(2)19-22(25)4;1-2/h18-19,23H,5-17H2,1-4H3,(H,28,29);2H. The Morgan fingerprint density at radius 3 is 1.74 bits per heavy atom. The summed E-state index contributed by atoms with van der Waals surface area (Å²) in [5.41, 5.74) is 4.13. The molecule has 5 heteroatoms. The zero-order chi connectivity index (χ0) is 23.6. The van der Waals surface area contributed by atoms with Crippen molar-refractivity contribution >= 4 is 20.9 Å². The first-order chi connectivity index (χ1) is 14.9. The van der Waals surface area contributed by atoms with Gasteiger partial charge in [0.25, 0.3) is 0 Å². The van der Waals surface area contributed by atoms with Gasteiger partial charge >= 0.3 is 5.97 Å². The Balaban J connectivity index is 0.00000436. The summed E-state index contributed by atoms with van der Waals surface area (Å²) in [6, 6.07) is 4.12. The number of carbonyl (C=O) groups is 2. The molecule has 0 amide bonds. The van der Waals surface area contributed by atoms with Crippen molar-refractivity contribution in [2.24, 2.45) is 5.92 Å². The third-order valence-corrected chi connectivity index (χ3v) is 5.92. The van der Waals surface area contributed by atoms with Crippen molar-refractivity contribution in [3.63, 3.8) is 0 Å². The van der Waals surface area contributed by atoms with Crippen molar-refractivity contribution in [3.05, 3.63) is 34.4 Å². The average molecular weight is 451 g/mol. The number of carboxylic acids is 1. The molecule has 0 heterocycles. The monoisotopic (exact) mass is 450 g/mol. The van der Waals surface area contributed by atoms with Crippen molar-refractivity contribution in [1.29, 1.82) is 0 Å². The molecule has 1 N–H and O–H groups in total. The Kier molecular flexibility index (Phi) is 17.2. The molecule has 1 aromatic rings. The van der Waals surface area contributed by atoms with Crippen LogP contribution in [0.5, 0.6) is 0 Å². The first-order valence-corrected chi connectivity index (χ1v) is 12.3. The molecule has 0 aliphatic heterocycles. The Morgan fingerprint density at radius 1 is 0.806 bits per heavy atom. The third kappa shape index (κ3) is 12.8. The van der Waals surface area contributed by atoms with E-state index in [0.717, 1.165) is 48.8 Å². The van der Waals surface area contributed by atoms with Crippen LogP contribution >= 0.6 is 9.12 Å². The molecule has 31 heavy (non-hydrogen) atoms. The number of benzene rings is 1. The number of hydrogen-bond donors (Lipinski definition) is 1. The van der Waals surface area contributed by atoms with Gasteiger partial charge < -0.3 is 5.11 Å². The third-order valence-electron chi connectivity index (χ3n) is 5.92. The highest BCUT2D eigenvalue weighted by Crippen LogP contribution is 2.22. The van der Waals surface area contributed by atoms with E-state index in [-0.39, 0.29) is 11.7 Å². The fraction of sp³-hybridized carbons (Fsp3) is 0.692. The molecule has 0 aliphatic carbocycles. The fourth-order valence-electron chi connectivity index (χ4n) is 4.34. The van der Waals surface area contributed by atoms with Crippen molar-refractivity contribution in [2.45, 2.75) is 111 Å². The van der Waals surface area contributed by atoms with Crippen LogP contribution in [0.4, 0.5) is 0 Å². The number of ketones is 1. The summed E-state index contributed by atoms with van der Waals surface area (Å²) in [5, 5.41) is 9.49. The fourth-order valence-corrected chi connectivity index (χ4v) is 4.34. The zero-order valence-electron chi connectivity index (χ0n) is 20.1. The molecule has 0 aliphatic rings. The summed E-state index contributed by atoms with van der Waals surface area (Å²) in [6.45, 7) is 8.27. The van der Waals surface area contributed by atoms with Crippen LogP contribution in [0.15, 0.2) is 12.1 Å². The first-order valence-electron chi connectivity index (χ1n) is 11.9. The van der Waals surface area contributed by atoms with Gasteiger partial charge in [-0.2, -0.15) is 0 Å². The van der Waals surface area contributed by atoms with Crippen LogP contribution in [0.25, 0.3) is 0 Å². The second kappa shape index (κ2) is 18.1. The second-order valence-electron chi connectivity index (χ2n) is 8.74. The highest BCUT2D eigenvalue weighted by atomic mass is 31.0. The van der Waals surface area contributed by atoms with Crippen molar-refractivity contribution in [2.75, 3.05) is 0 Å². The number of aliphatic carboxylic acids is 1. The molecule has 0 bridgehead atoms. The summed E-state index contributed by atoms with van der Waals surface area (Å²) < 4.78 is 8.06. The highest BCUT2D eigenvalue weighted by molar-refractivity contribution is 7.00. The van der Waals surface area contributed by atoms with E-state index in [9.17, 15) is 14.7 Å². The maximum atomic E-state index is 12.6. The lowest BCUT2D eigenvalue weighted by atomic mass is 9.92. The van der Waals surface area contributed by atoms with E-state index in [1.807, 2.05) is 20.8 Å². The van der Waals surface area contributed by atoms with Crippen LogP contribution in [-0.4, -0.2) is 16.9 Å². The molecule has 0 saturated carbocycles. The van der Waals surface area contributed by atoms with E-state index in [4.69, 9.17) is 4.57 Å². The maximum absolute atomic E-state index is 12.6. The van der Waals surface area contributed by atoms with E-state index in [1.165, 1.54) is 44.1 Å². The number of carbonyl (C=O) groups excluding carboxylic acids is 1. The van der Waals surface area contributed by atoms with Crippen LogP contribution in [-0.2, 0) is 9.36 Å².